The number of hydrogen-bond donors (Lipinski definition) is 5. The third-order valence-electron chi connectivity index (χ3n) is 5.28. The first-order valence-corrected chi connectivity index (χ1v) is 11.0. The molecule has 0 saturated carbocycles. The molecule has 1 saturated heterocycles. The smallest absolute Gasteiger partial charge is 0.302 e. The van der Waals surface area contributed by atoms with E-state index in [0.717, 1.165) is 24.2 Å². The minimum absolute atomic E-state index is 0.00796. The Labute approximate surface area is 201 Å². The van der Waals surface area contributed by atoms with Gasteiger partial charge in [-0.05, 0) is 30.5 Å². The first kappa shape index (κ1) is 25.0. The molecule has 1 aromatic heterocycles. The number of aliphatic imine (C=N–C) groups is 1. The second-order valence-electron chi connectivity index (χ2n) is 7.76. The number of aromatic nitrogens is 2. The Balaban J connectivity index is 1.42. The first-order chi connectivity index (χ1) is 16.2. The van der Waals surface area contributed by atoms with E-state index in [1.165, 1.54) is 0 Å². The average Bonchev–Trinajstić information content (AvgIpc) is 2.81. The van der Waals surface area contributed by atoms with Crippen molar-refractivity contribution >= 4 is 41.0 Å². The van der Waals surface area contributed by atoms with E-state index >= 15 is 0 Å². The monoisotopic (exact) mass is 489 g/mol. The second kappa shape index (κ2) is 11.5. The third kappa shape index (κ3) is 6.93. The van der Waals surface area contributed by atoms with Crippen LogP contribution in [0.1, 0.15) is 28.9 Å². The molecule has 1 aromatic carbocycles. The van der Waals surface area contributed by atoms with E-state index in [4.69, 9.17) is 33.5 Å². The van der Waals surface area contributed by atoms with Gasteiger partial charge in [-0.1, -0.05) is 23.7 Å². The predicted octanol–water partition coefficient (Wildman–Crippen LogP) is 0.128. The van der Waals surface area contributed by atoms with Gasteiger partial charge in [-0.3, -0.25) is 14.5 Å². The van der Waals surface area contributed by atoms with Crippen LogP contribution in [0.2, 0.25) is 5.15 Å². The Morgan fingerprint density at radius 2 is 1.85 bits per heavy atom. The molecule has 1 aliphatic rings. The summed E-state index contributed by atoms with van der Waals surface area (Å²) in [6.45, 7) is 2.15. The Morgan fingerprint density at radius 3 is 2.50 bits per heavy atom. The molecule has 2 amide bonds. The quantitative estimate of drug-likeness (QED) is 0.264. The van der Waals surface area contributed by atoms with Gasteiger partial charge in [-0.15, -0.1) is 0 Å². The van der Waals surface area contributed by atoms with Crippen molar-refractivity contribution < 1.29 is 14.3 Å². The van der Waals surface area contributed by atoms with Crippen LogP contribution in [0, 0.1) is 0 Å². The molecule has 0 aliphatic carbocycles. The summed E-state index contributed by atoms with van der Waals surface area (Å²) < 4.78 is 5.13. The number of ether oxygens (including phenoxy) is 1. The first-order valence-electron chi connectivity index (χ1n) is 10.6. The van der Waals surface area contributed by atoms with E-state index < -0.39 is 5.91 Å². The molecule has 12 nitrogen and oxygen atoms in total. The Hall–Kier alpha value is -3.64. The van der Waals surface area contributed by atoms with Crippen LogP contribution >= 0.6 is 11.6 Å². The number of piperidine rings is 1. The summed E-state index contributed by atoms with van der Waals surface area (Å²) in [7, 11) is 1.61. The lowest BCUT2D eigenvalue weighted by Gasteiger charge is -2.32. The third-order valence-corrected chi connectivity index (χ3v) is 5.56. The minimum Gasteiger partial charge on any atom is -0.497 e. The maximum atomic E-state index is 12.3. The molecule has 3 rings (SSSR count). The van der Waals surface area contributed by atoms with Gasteiger partial charge in [0, 0.05) is 25.7 Å². The molecule has 8 N–H and O–H groups in total. The fourth-order valence-electron chi connectivity index (χ4n) is 3.44. The van der Waals surface area contributed by atoms with Crippen LogP contribution in [-0.4, -0.2) is 65.4 Å². The number of methoxy groups -OCH3 is 1. The van der Waals surface area contributed by atoms with Crippen molar-refractivity contribution in [2.24, 2.45) is 10.7 Å². The van der Waals surface area contributed by atoms with E-state index in [0.29, 0.717) is 26.2 Å². The van der Waals surface area contributed by atoms with E-state index in [1.807, 2.05) is 24.3 Å². The van der Waals surface area contributed by atoms with Gasteiger partial charge < -0.3 is 32.6 Å². The average molecular weight is 490 g/mol. The van der Waals surface area contributed by atoms with Crippen LogP contribution in [-0.2, 0) is 11.3 Å². The lowest BCUT2D eigenvalue weighted by Crippen LogP contribution is -2.49. The summed E-state index contributed by atoms with van der Waals surface area (Å²) >= 11 is 5.79. The van der Waals surface area contributed by atoms with E-state index in [1.54, 1.807) is 7.11 Å². The zero-order valence-electron chi connectivity index (χ0n) is 18.8. The van der Waals surface area contributed by atoms with Crippen molar-refractivity contribution in [2.75, 3.05) is 38.2 Å². The largest absolute Gasteiger partial charge is 0.497 e. The van der Waals surface area contributed by atoms with Gasteiger partial charge in [0.05, 0.1) is 13.7 Å². The maximum Gasteiger partial charge on any atom is 0.302 e. The fourth-order valence-corrected chi connectivity index (χ4v) is 3.57. The predicted molar refractivity (Wildman–Crippen MR) is 129 cm³/mol. The lowest BCUT2D eigenvalue weighted by atomic mass is 10.1. The number of carbonyl (C=O) groups is 2. The highest BCUT2D eigenvalue weighted by Crippen LogP contribution is 2.18. The van der Waals surface area contributed by atoms with E-state index in [-0.39, 0.29) is 40.4 Å². The summed E-state index contributed by atoms with van der Waals surface area (Å²) in [6, 6.07) is 7.55. The Kier molecular flexibility index (Phi) is 8.44. The van der Waals surface area contributed by atoms with E-state index in [9.17, 15) is 9.59 Å². The molecular formula is C21H28ClN9O3. The molecule has 2 aromatic rings. The molecule has 34 heavy (non-hydrogen) atoms. The van der Waals surface area contributed by atoms with Gasteiger partial charge in [-0.25, -0.2) is 9.97 Å². The molecule has 13 heteroatoms. The van der Waals surface area contributed by atoms with Crippen molar-refractivity contribution in [3.8, 4) is 5.75 Å². The van der Waals surface area contributed by atoms with Crippen LogP contribution in [0.5, 0.6) is 5.75 Å². The Bertz CT molecular complexity index is 1050. The molecule has 0 bridgehead atoms. The van der Waals surface area contributed by atoms with Crippen LogP contribution in [0.3, 0.4) is 0 Å². The zero-order valence-corrected chi connectivity index (χ0v) is 19.5. The van der Waals surface area contributed by atoms with E-state index in [2.05, 4.69) is 30.5 Å². The maximum absolute atomic E-state index is 12.3. The number of amides is 2. The van der Waals surface area contributed by atoms with Gasteiger partial charge >= 0.3 is 5.91 Å². The van der Waals surface area contributed by atoms with Gasteiger partial charge in [0.2, 0.25) is 5.91 Å². The highest BCUT2D eigenvalue weighted by Gasteiger charge is 2.22. The lowest BCUT2D eigenvalue weighted by molar-refractivity contribution is -0.122. The Morgan fingerprint density at radius 1 is 1.18 bits per heavy atom. The number of likely N-dealkylation sites (tertiary alicyclic amines) is 1. The van der Waals surface area contributed by atoms with Crippen molar-refractivity contribution in [1.29, 1.82) is 0 Å². The van der Waals surface area contributed by atoms with Crippen LogP contribution in [0.15, 0.2) is 29.3 Å². The number of halogens is 1. The van der Waals surface area contributed by atoms with Gasteiger partial charge in [0.15, 0.2) is 28.4 Å². The standard InChI is InChI=1S/C21H28ClN9O3/c1-34-14-4-2-12(3-5-14)10-26-15(32)11-31-8-6-13(7-9-31)27-21(25)30-20(33)16-18(23)29-19(24)17(22)28-16/h2-5,13H,6-11H2,1H3,(H,26,32)(H4,23,24,29)(H3,25,27,30,33). The molecule has 2 heterocycles. The summed E-state index contributed by atoms with van der Waals surface area (Å²) in [5, 5.41) is 5.80. The number of nitrogens with one attached hydrogen (secondary N) is 2. The SMILES string of the molecule is COc1ccc(CNC(=O)CN2CCC(N/C(N)=N/C(=O)c3nc(Cl)c(N)nc3N)CC2)cc1. The number of nitrogens with two attached hydrogens (primary N) is 3. The molecule has 182 valence electrons. The molecule has 0 unspecified atom stereocenters. The van der Waals surface area contributed by atoms with Crippen LogP contribution in [0.4, 0.5) is 11.6 Å². The number of nitrogen functional groups attached to an aromatic ring is 2. The van der Waals surface area contributed by atoms with Gasteiger partial charge in [0.1, 0.15) is 5.75 Å². The molecule has 0 radical (unpaired) electrons. The van der Waals surface area contributed by atoms with Gasteiger partial charge in [-0.2, -0.15) is 4.99 Å². The highest BCUT2D eigenvalue weighted by atomic mass is 35.5. The highest BCUT2D eigenvalue weighted by molar-refractivity contribution is 6.31. The molecule has 0 atom stereocenters. The van der Waals surface area contributed by atoms with Gasteiger partial charge in [0.25, 0.3) is 0 Å². The molecular weight excluding hydrogens is 462 g/mol. The van der Waals surface area contributed by atoms with Crippen molar-refractivity contribution in [2.45, 2.75) is 25.4 Å². The number of hydrogen-bond acceptors (Lipinski definition) is 8. The second-order valence-corrected chi connectivity index (χ2v) is 8.11. The summed E-state index contributed by atoms with van der Waals surface area (Å²) in [5.74, 6) is -0.365. The number of nitrogens with zero attached hydrogens (tertiary/aromatic N) is 4. The number of guanidine groups is 1. The summed E-state index contributed by atoms with van der Waals surface area (Å²) in [6.07, 6.45) is 1.46. The summed E-state index contributed by atoms with van der Waals surface area (Å²) in [5.41, 5.74) is 17.8. The topological polar surface area (TPSA) is 187 Å². The molecule has 1 aliphatic heterocycles. The summed E-state index contributed by atoms with van der Waals surface area (Å²) in [4.78, 5) is 38.0. The van der Waals surface area contributed by atoms with Crippen molar-refractivity contribution in [3.05, 3.63) is 40.7 Å². The fraction of sp³-hybridized carbons (Fsp3) is 0.381. The number of benzene rings is 1. The number of carbonyl (C=O) groups excluding carboxylic acids is 2. The van der Waals surface area contributed by atoms with Crippen LogP contribution in [0.25, 0.3) is 0 Å². The number of anilines is 2. The minimum atomic E-state index is -0.775. The molecule has 0 spiro atoms. The zero-order chi connectivity index (χ0) is 24.7. The normalized spacial score (nSPS) is 15.1. The van der Waals surface area contributed by atoms with Crippen molar-refractivity contribution in [1.82, 2.24) is 25.5 Å². The number of rotatable bonds is 7. The van der Waals surface area contributed by atoms with Crippen LogP contribution < -0.4 is 32.6 Å². The van der Waals surface area contributed by atoms with Crippen molar-refractivity contribution in [3.63, 3.8) is 0 Å². The molecule has 1 fully saturated rings.